The topological polar surface area (TPSA) is 104 Å². The van der Waals surface area contributed by atoms with Crippen molar-refractivity contribution >= 4 is 22.8 Å². The molecule has 0 atom stereocenters. The second kappa shape index (κ2) is 8.75. The summed E-state index contributed by atoms with van der Waals surface area (Å²) in [7, 11) is 1.55. The number of amides is 1. The summed E-state index contributed by atoms with van der Waals surface area (Å²) < 4.78 is 30.6. The number of pyridine rings is 1. The predicted octanol–water partition coefficient (Wildman–Crippen LogP) is 3.95. The molecule has 1 aliphatic rings. The molecule has 9 heteroatoms. The Hall–Kier alpha value is -3.98. The summed E-state index contributed by atoms with van der Waals surface area (Å²) >= 11 is 0. The predicted molar refractivity (Wildman–Crippen MR) is 125 cm³/mol. The lowest BCUT2D eigenvalue weighted by atomic mass is 10.0. The molecule has 0 bridgehead atoms. The standard InChI is InChI=1S/C25H23FN4O4/c1-14-18(23(27)31)13-19(28-24(14)30-9-11-33-12-10-30)25-29-21-20(32-2)8-7-17(22(21)34-25)15-3-5-16(26)6-4-15/h3-8,13H,9-12H2,1-2H3,(H2,27,31). The molecule has 4 aromatic rings. The highest BCUT2D eigenvalue weighted by Crippen LogP contribution is 2.38. The molecule has 2 N–H and O–H groups in total. The fourth-order valence-electron chi connectivity index (χ4n) is 4.16. The smallest absolute Gasteiger partial charge is 0.249 e. The number of hydrogen-bond donors (Lipinski definition) is 1. The molecule has 174 valence electrons. The summed E-state index contributed by atoms with van der Waals surface area (Å²) in [4.78, 5) is 23.7. The number of aromatic nitrogens is 2. The van der Waals surface area contributed by atoms with Gasteiger partial charge in [0.05, 0.1) is 20.3 Å². The molecule has 0 saturated carbocycles. The molecule has 0 spiro atoms. The average molecular weight is 462 g/mol. The van der Waals surface area contributed by atoms with E-state index >= 15 is 0 Å². The van der Waals surface area contributed by atoms with Gasteiger partial charge in [-0.1, -0.05) is 12.1 Å². The highest BCUT2D eigenvalue weighted by atomic mass is 19.1. The van der Waals surface area contributed by atoms with Crippen molar-refractivity contribution in [2.75, 3.05) is 38.3 Å². The van der Waals surface area contributed by atoms with Crippen LogP contribution >= 0.6 is 0 Å². The summed E-state index contributed by atoms with van der Waals surface area (Å²) in [5.74, 6) is 0.496. The van der Waals surface area contributed by atoms with Crippen molar-refractivity contribution in [3.05, 3.63) is 59.4 Å². The largest absolute Gasteiger partial charge is 0.494 e. The van der Waals surface area contributed by atoms with Crippen LogP contribution in [0.2, 0.25) is 0 Å². The lowest BCUT2D eigenvalue weighted by Crippen LogP contribution is -2.37. The number of fused-ring (bicyclic) bond motifs is 1. The van der Waals surface area contributed by atoms with Gasteiger partial charge in [0.1, 0.15) is 23.1 Å². The summed E-state index contributed by atoms with van der Waals surface area (Å²) in [6.45, 7) is 4.25. The van der Waals surface area contributed by atoms with Gasteiger partial charge in [0, 0.05) is 29.8 Å². The number of ether oxygens (including phenoxy) is 2. The fraction of sp³-hybridized carbons (Fsp3) is 0.240. The number of carbonyl (C=O) groups excluding carboxylic acids is 1. The highest BCUT2D eigenvalue weighted by Gasteiger charge is 2.24. The zero-order chi connectivity index (χ0) is 23.8. The Morgan fingerprint density at radius 1 is 1.12 bits per heavy atom. The van der Waals surface area contributed by atoms with E-state index < -0.39 is 5.91 Å². The third-order valence-corrected chi connectivity index (χ3v) is 5.92. The Bertz CT molecular complexity index is 1380. The number of oxazole rings is 1. The van der Waals surface area contributed by atoms with Crippen LogP contribution in [0.3, 0.4) is 0 Å². The van der Waals surface area contributed by atoms with Crippen molar-refractivity contribution in [3.63, 3.8) is 0 Å². The van der Waals surface area contributed by atoms with E-state index in [2.05, 4.69) is 9.88 Å². The van der Waals surface area contributed by atoms with Gasteiger partial charge in [-0.05, 0) is 42.8 Å². The van der Waals surface area contributed by atoms with Crippen LogP contribution in [0.25, 0.3) is 33.8 Å². The summed E-state index contributed by atoms with van der Waals surface area (Å²) in [6.07, 6.45) is 0. The van der Waals surface area contributed by atoms with E-state index in [1.807, 2.05) is 13.0 Å². The molecule has 0 aliphatic carbocycles. The van der Waals surface area contributed by atoms with Gasteiger partial charge in [-0.15, -0.1) is 0 Å². The van der Waals surface area contributed by atoms with Crippen LogP contribution in [0, 0.1) is 12.7 Å². The van der Waals surface area contributed by atoms with Crippen molar-refractivity contribution in [1.29, 1.82) is 0 Å². The van der Waals surface area contributed by atoms with E-state index in [4.69, 9.17) is 24.6 Å². The molecule has 5 rings (SSSR count). The number of nitrogens with two attached hydrogens (primary N) is 1. The summed E-state index contributed by atoms with van der Waals surface area (Å²) in [5, 5.41) is 0. The maximum atomic E-state index is 13.5. The third kappa shape index (κ3) is 3.84. The first-order valence-electron chi connectivity index (χ1n) is 10.8. The van der Waals surface area contributed by atoms with Crippen LogP contribution in [0.15, 0.2) is 46.9 Å². The molecule has 1 saturated heterocycles. The molecule has 0 radical (unpaired) electrons. The molecule has 1 fully saturated rings. The van der Waals surface area contributed by atoms with Gasteiger partial charge in [0.25, 0.3) is 0 Å². The average Bonchev–Trinajstić information content (AvgIpc) is 3.30. The Kier molecular flexibility index (Phi) is 5.62. The van der Waals surface area contributed by atoms with Gasteiger partial charge in [0.15, 0.2) is 11.1 Å². The van der Waals surface area contributed by atoms with Crippen molar-refractivity contribution in [1.82, 2.24) is 9.97 Å². The molecule has 1 amide bonds. The number of primary amides is 1. The number of halogens is 1. The minimum absolute atomic E-state index is 0.222. The van der Waals surface area contributed by atoms with Crippen molar-refractivity contribution in [2.45, 2.75) is 6.92 Å². The van der Waals surface area contributed by atoms with Gasteiger partial charge in [-0.25, -0.2) is 14.4 Å². The first-order chi connectivity index (χ1) is 16.5. The van der Waals surface area contributed by atoms with Crippen molar-refractivity contribution in [3.8, 4) is 28.5 Å². The molecule has 3 heterocycles. The maximum Gasteiger partial charge on any atom is 0.249 e. The van der Waals surface area contributed by atoms with Crippen LogP contribution in [-0.2, 0) is 4.74 Å². The SMILES string of the molecule is COc1ccc(-c2ccc(F)cc2)c2oc(-c3cc(C(N)=O)c(C)c(N4CCOCC4)n3)nc12. The van der Waals surface area contributed by atoms with Crippen LogP contribution in [0.4, 0.5) is 10.2 Å². The van der Waals surface area contributed by atoms with E-state index in [1.54, 1.807) is 31.4 Å². The first-order valence-corrected chi connectivity index (χ1v) is 10.8. The number of benzene rings is 2. The van der Waals surface area contributed by atoms with Crippen LogP contribution in [0.5, 0.6) is 5.75 Å². The van der Waals surface area contributed by atoms with Gasteiger partial charge in [0.2, 0.25) is 11.8 Å². The Balaban J connectivity index is 1.69. The maximum absolute atomic E-state index is 13.5. The molecule has 0 unspecified atom stereocenters. The Morgan fingerprint density at radius 2 is 1.85 bits per heavy atom. The molecular weight excluding hydrogens is 439 g/mol. The molecule has 8 nitrogen and oxygen atoms in total. The second-order valence-electron chi connectivity index (χ2n) is 7.99. The first kappa shape index (κ1) is 21.8. The quantitative estimate of drug-likeness (QED) is 0.479. The number of anilines is 1. The highest BCUT2D eigenvalue weighted by molar-refractivity contribution is 5.97. The molecule has 2 aromatic carbocycles. The third-order valence-electron chi connectivity index (χ3n) is 5.92. The van der Waals surface area contributed by atoms with E-state index in [1.165, 1.54) is 12.1 Å². The molecule has 2 aromatic heterocycles. The van der Waals surface area contributed by atoms with Gasteiger partial charge >= 0.3 is 0 Å². The zero-order valence-corrected chi connectivity index (χ0v) is 18.8. The summed E-state index contributed by atoms with van der Waals surface area (Å²) in [5.41, 5.74) is 9.56. The monoisotopic (exact) mass is 462 g/mol. The van der Waals surface area contributed by atoms with Gasteiger partial charge in [-0.2, -0.15) is 0 Å². The van der Waals surface area contributed by atoms with E-state index in [0.29, 0.717) is 65.8 Å². The number of carbonyl (C=O) groups is 1. The van der Waals surface area contributed by atoms with Crippen molar-refractivity contribution in [2.24, 2.45) is 5.73 Å². The lowest BCUT2D eigenvalue weighted by Gasteiger charge is -2.29. The zero-order valence-electron chi connectivity index (χ0n) is 18.8. The van der Waals surface area contributed by atoms with Gasteiger partial charge in [-0.3, -0.25) is 4.79 Å². The summed E-state index contributed by atoms with van der Waals surface area (Å²) in [6, 6.07) is 11.3. The van der Waals surface area contributed by atoms with E-state index in [-0.39, 0.29) is 11.7 Å². The minimum Gasteiger partial charge on any atom is -0.494 e. The molecule has 1 aliphatic heterocycles. The Morgan fingerprint density at radius 3 is 2.53 bits per heavy atom. The van der Waals surface area contributed by atoms with E-state index in [9.17, 15) is 9.18 Å². The van der Waals surface area contributed by atoms with Crippen LogP contribution in [-0.4, -0.2) is 49.3 Å². The fourth-order valence-corrected chi connectivity index (χ4v) is 4.16. The molecular formula is C25H23FN4O4. The number of nitrogens with zero attached hydrogens (tertiary/aromatic N) is 3. The number of hydrogen-bond acceptors (Lipinski definition) is 7. The van der Waals surface area contributed by atoms with Gasteiger partial charge < -0.3 is 24.5 Å². The van der Waals surface area contributed by atoms with Crippen LogP contribution in [0.1, 0.15) is 15.9 Å². The normalized spacial score (nSPS) is 13.9. The lowest BCUT2D eigenvalue weighted by molar-refractivity contribution is 0.0999. The second-order valence-corrected chi connectivity index (χ2v) is 7.99. The minimum atomic E-state index is -0.559. The van der Waals surface area contributed by atoms with E-state index in [0.717, 1.165) is 11.1 Å². The Labute approximate surface area is 195 Å². The van der Waals surface area contributed by atoms with Crippen LogP contribution < -0.4 is 15.4 Å². The number of rotatable bonds is 5. The molecule has 34 heavy (non-hydrogen) atoms. The number of methoxy groups -OCH3 is 1. The van der Waals surface area contributed by atoms with Crippen molar-refractivity contribution < 1.29 is 23.1 Å². The number of morpholine rings is 1.